The van der Waals surface area contributed by atoms with Crippen LogP contribution in [0.15, 0.2) is 20.1 Å². The van der Waals surface area contributed by atoms with Gasteiger partial charge in [0.2, 0.25) is 0 Å². The zero-order valence-corrected chi connectivity index (χ0v) is 14.4. The number of sulfonamides is 1. The van der Waals surface area contributed by atoms with Crippen LogP contribution in [0.5, 0.6) is 0 Å². The van der Waals surface area contributed by atoms with E-state index in [2.05, 4.69) is 15.9 Å². The van der Waals surface area contributed by atoms with Gasteiger partial charge in [0.15, 0.2) is 9.84 Å². The smallest absolute Gasteiger partial charge is 0.252 e. The van der Waals surface area contributed by atoms with E-state index < -0.39 is 25.9 Å². The molecule has 0 spiro atoms. The van der Waals surface area contributed by atoms with E-state index in [1.165, 1.54) is 6.07 Å². The first kappa shape index (κ1) is 16.4. The number of nitrogens with zero attached hydrogens (tertiary/aromatic N) is 1. The molecule has 0 amide bonds. The third-order valence-corrected chi connectivity index (χ3v) is 8.84. The Morgan fingerprint density at radius 3 is 2.60 bits per heavy atom. The van der Waals surface area contributed by atoms with E-state index in [1.807, 2.05) is 0 Å². The van der Waals surface area contributed by atoms with Crippen LogP contribution in [0.3, 0.4) is 0 Å². The predicted octanol–water partition coefficient (Wildman–Crippen LogP) is 0.681. The van der Waals surface area contributed by atoms with Crippen LogP contribution in [0.1, 0.15) is 6.42 Å². The molecule has 1 N–H and O–H groups in total. The van der Waals surface area contributed by atoms with Crippen LogP contribution >= 0.6 is 27.3 Å². The normalized spacial score (nSPS) is 22.4. The minimum Gasteiger partial charge on any atom is -0.395 e. The highest BCUT2D eigenvalue weighted by Gasteiger charge is 2.38. The first-order valence-corrected chi connectivity index (χ1v) is 10.7. The third kappa shape index (κ3) is 3.42. The van der Waals surface area contributed by atoms with E-state index in [9.17, 15) is 16.8 Å². The minimum absolute atomic E-state index is 0.0107. The Morgan fingerprint density at radius 2 is 2.15 bits per heavy atom. The number of aliphatic hydroxyl groups is 1. The summed E-state index contributed by atoms with van der Waals surface area (Å²) in [5.74, 6) is -0.192. The summed E-state index contributed by atoms with van der Waals surface area (Å²) in [5.41, 5.74) is 0. The summed E-state index contributed by atoms with van der Waals surface area (Å²) in [4.78, 5) is 0. The molecule has 0 radical (unpaired) electrons. The molecule has 0 aromatic carbocycles. The minimum atomic E-state index is -3.78. The van der Waals surface area contributed by atoms with E-state index >= 15 is 0 Å². The highest BCUT2D eigenvalue weighted by molar-refractivity contribution is 9.11. The van der Waals surface area contributed by atoms with Crippen molar-refractivity contribution in [2.75, 3.05) is 24.7 Å². The molecule has 2 rings (SSSR count). The molecular formula is C10H14BrNO5S3. The Labute approximate surface area is 130 Å². The summed E-state index contributed by atoms with van der Waals surface area (Å²) in [7, 11) is -6.97. The molecule has 20 heavy (non-hydrogen) atoms. The molecule has 1 aromatic rings. The van der Waals surface area contributed by atoms with E-state index in [-0.39, 0.29) is 35.3 Å². The molecule has 1 atom stereocenters. The number of sulfone groups is 1. The van der Waals surface area contributed by atoms with Crippen molar-refractivity contribution in [3.05, 3.63) is 15.9 Å². The number of rotatable bonds is 5. The van der Waals surface area contributed by atoms with Gasteiger partial charge in [-0.15, -0.1) is 11.3 Å². The maximum Gasteiger partial charge on any atom is 0.252 e. The molecule has 10 heteroatoms. The van der Waals surface area contributed by atoms with Crippen molar-refractivity contribution in [3.63, 3.8) is 0 Å². The van der Waals surface area contributed by atoms with Crippen LogP contribution in [0.25, 0.3) is 0 Å². The summed E-state index contributed by atoms with van der Waals surface area (Å²) in [6, 6.07) is 2.50. The van der Waals surface area contributed by atoms with Crippen LogP contribution in [0.4, 0.5) is 0 Å². The Hall–Kier alpha value is -0.0000000000000000833. The molecule has 114 valence electrons. The van der Waals surface area contributed by atoms with Gasteiger partial charge in [-0.25, -0.2) is 16.8 Å². The number of hydrogen-bond donors (Lipinski definition) is 1. The summed E-state index contributed by atoms with van der Waals surface area (Å²) in [5, 5.41) is 9.08. The molecule has 1 aromatic heterocycles. The monoisotopic (exact) mass is 403 g/mol. The van der Waals surface area contributed by atoms with Crippen molar-refractivity contribution < 1.29 is 21.9 Å². The van der Waals surface area contributed by atoms with Gasteiger partial charge in [0.25, 0.3) is 10.0 Å². The van der Waals surface area contributed by atoms with Crippen LogP contribution in [-0.2, 0) is 19.9 Å². The molecule has 0 bridgehead atoms. The maximum absolute atomic E-state index is 12.5. The fourth-order valence-corrected chi connectivity index (χ4v) is 7.76. The van der Waals surface area contributed by atoms with Gasteiger partial charge in [0.05, 0.1) is 21.9 Å². The summed E-state index contributed by atoms with van der Waals surface area (Å²) >= 11 is 4.27. The molecule has 0 aliphatic carbocycles. The van der Waals surface area contributed by atoms with Gasteiger partial charge in [0.1, 0.15) is 4.21 Å². The molecule has 0 saturated carbocycles. The van der Waals surface area contributed by atoms with Crippen molar-refractivity contribution in [1.29, 1.82) is 0 Å². The molecule has 1 aliphatic heterocycles. The standard InChI is InChI=1S/C10H14BrNO5S3/c11-9-1-2-10(18-9)20(16,17)12(4-5-13)8-3-6-19(14,15)7-8/h1-2,8,13H,3-7H2. The Kier molecular flexibility index (Phi) is 4.92. The second-order valence-corrected chi connectivity index (χ2v) is 11.3. The quantitative estimate of drug-likeness (QED) is 0.780. The Balaban J connectivity index is 2.33. The highest BCUT2D eigenvalue weighted by atomic mass is 79.9. The number of aliphatic hydroxyl groups excluding tert-OH is 1. The van der Waals surface area contributed by atoms with Crippen molar-refractivity contribution in [1.82, 2.24) is 4.31 Å². The highest BCUT2D eigenvalue weighted by Crippen LogP contribution is 2.31. The number of hydrogen-bond acceptors (Lipinski definition) is 6. The van der Waals surface area contributed by atoms with Gasteiger partial charge in [-0.05, 0) is 34.5 Å². The lowest BCUT2D eigenvalue weighted by Crippen LogP contribution is -2.42. The Bertz CT molecular complexity index is 682. The summed E-state index contributed by atoms with van der Waals surface area (Å²) in [6.45, 7) is -0.444. The molecule has 6 nitrogen and oxygen atoms in total. The lowest BCUT2D eigenvalue weighted by atomic mass is 10.3. The van der Waals surface area contributed by atoms with Crippen molar-refractivity contribution in [2.24, 2.45) is 0 Å². The van der Waals surface area contributed by atoms with Gasteiger partial charge in [-0.3, -0.25) is 0 Å². The molecule has 2 heterocycles. The average molecular weight is 404 g/mol. The van der Waals surface area contributed by atoms with Gasteiger partial charge >= 0.3 is 0 Å². The lowest BCUT2D eigenvalue weighted by Gasteiger charge is -2.25. The van der Waals surface area contributed by atoms with Gasteiger partial charge < -0.3 is 5.11 Å². The molecule has 1 saturated heterocycles. The topological polar surface area (TPSA) is 91.8 Å². The Morgan fingerprint density at radius 1 is 1.45 bits per heavy atom. The van der Waals surface area contributed by atoms with E-state index in [0.717, 1.165) is 15.6 Å². The summed E-state index contributed by atoms with van der Waals surface area (Å²) in [6.07, 6.45) is 0.272. The van der Waals surface area contributed by atoms with E-state index in [1.54, 1.807) is 6.07 Å². The van der Waals surface area contributed by atoms with Gasteiger partial charge in [0, 0.05) is 12.6 Å². The van der Waals surface area contributed by atoms with E-state index in [4.69, 9.17) is 5.11 Å². The van der Waals surface area contributed by atoms with Crippen molar-refractivity contribution in [3.8, 4) is 0 Å². The molecule has 1 fully saturated rings. The van der Waals surface area contributed by atoms with Gasteiger partial charge in [-0.2, -0.15) is 4.31 Å². The largest absolute Gasteiger partial charge is 0.395 e. The lowest BCUT2D eigenvalue weighted by molar-refractivity contribution is 0.233. The second-order valence-electron chi connectivity index (χ2n) is 4.45. The molecule has 1 unspecified atom stereocenters. The third-order valence-electron chi connectivity index (χ3n) is 3.05. The van der Waals surface area contributed by atoms with Gasteiger partial charge in [-0.1, -0.05) is 0 Å². The van der Waals surface area contributed by atoms with Crippen LogP contribution in [-0.4, -0.2) is 56.9 Å². The molecular weight excluding hydrogens is 390 g/mol. The fraction of sp³-hybridized carbons (Fsp3) is 0.600. The average Bonchev–Trinajstić information content (AvgIpc) is 2.92. The van der Waals surface area contributed by atoms with E-state index in [0.29, 0.717) is 3.79 Å². The SMILES string of the molecule is O=S1(=O)CCC(N(CCO)S(=O)(=O)c2ccc(Br)s2)C1. The number of halogens is 1. The summed E-state index contributed by atoms with van der Waals surface area (Å²) < 4.78 is 50.1. The van der Waals surface area contributed by atoms with Crippen molar-refractivity contribution >= 4 is 47.1 Å². The second kappa shape index (κ2) is 6.01. The first-order chi connectivity index (χ1) is 9.26. The number of thiophene rings is 1. The molecule has 1 aliphatic rings. The zero-order chi connectivity index (χ0) is 15.0. The van der Waals surface area contributed by atoms with Crippen LogP contribution < -0.4 is 0 Å². The fourth-order valence-electron chi connectivity index (χ4n) is 2.15. The first-order valence-electron chi connectivity index (χ1n) is 5.85. The zero-order valence-electron chi connectivity index (χ0n) is 10.4. The maximum atomic E-state index is 12.5. The van der Waals surface area contributed by atoms with Crippen molar-refractivity contribution in [2.45, 2.75) is 16.7 Å². The predicted molar refractivity (Wildman–Crippen MR) is 80.1 cm³/mol. The van der Waals surface area contributed by atoms with Crippen LogP contribution in [0, 0.1) is 0 Å². The van der Waals surface area contributed by atoms with Crippen LogP contribution in [0.2, 0.25) is 0 Å².